The topological polar surface area (TPSA) is 32.8 Å². The van der Waals surface area contributed by atoms with Gasteiger partial charge in [0.1, 0.15) is 5.60 Å². The highest BCUT2D eigenvalue weighted by Gasteiger charge is 2.33. The minimum atomic E-state index is -0.484. The lowest BCUT2D eigenvalue weighted by atomic mass is 10.0. The lowest BCUT2D eigenvalue weighted by molar-refractivity contribution is 0.0191. The molecule has 0 aromatic heterocycles. The van der Waals surface area contributed by atoms with Crippen LogP contribution < -0.4 is 4.90 Å². The summed E-state index contributed by atoms with van der Waals surface area (Å²) >= 11 is 6.31. The van der Waals surface area contributed by atoms with Gasteiger partial charge >= 0.3 is 6.09 Å². The zero-order valence-corrected chi connectivity index (χ0v) is 18.6. The summed E-state index contributed by atoms with van der Waals surface area (Å²) in [6, 6.07) is 16.7. The zero-order valence-electron chi connectivity index (χ0n) is 17.8. The minimum Gasteiger partial charge on any atom is -0.444 e. The number of carbonyl (C=O) groups is 1. The van der Waals surface area contributed by atoms with E-state index in [0.29, 0.717) is 6.54 Å². The van der Waals surface area contributed by atoms with Crippen LogP contribution in [0.4, 0.5) is 10.5 Å². The molecule has 1 fully saturated rings. The van der Waals surface area contributed by atoms with Crippen LogP contribution in [0.3, 0.4) is 0 Å². The molecule has 1 aliphatic rings. The Bertz CT molecular complexity index is 833. The quantitative estimate of drug-likeness (QED) is 0.622. The van der Waals surface area contributed by atoms with E-state index in [0.717, 1.165) is 31.0 Å². The molecule has 2 aromatic rings. The van der Waals surface area contributed by atoms with Crippen molar-refractivity contribution in [1.29, 1.82) is 0 Å². The van der Waals surface area contributed by atoms with Gasteiger partial charge in [-0.3, -0.25) is 0 Å². The first kappa shape index (κ1) is 21.5. The molecule has 29 heavy (non-hydrogen) atoms. The van der Waals surface area contributed by atoms with Crippen molar-refractivity contribution in [3.05, 3.63) is 64.7 Å². The van der Waals surface area contributed by atoms with Gasteiger partial charge in [0.15, 0.2) is 0 Å². The highest BCUT2D eigenvalue weighted by atomic mass is 35.5. The standard InChI is InChI=1S/C24H31ClN2O2/c1-5-27(23(28)29-24(2,3)4)21-13-14-26(17-21)22-12-11-20(25)16-19(22)15-18-9-7-6-8-10-18/h6-12,16,21H,5,13-15,17H2,1-4H3. The maximum absolute atomic E-state index is 12.6. The summed E-state index contributed by atoms with van der Waals surface area (Å²) in [6.45, 7) is 10.1. The van der Waals surface area contributed by atoms with Crippen LogP contribution in [0.25, 0.3) is 0 Å². The molecule has 0 aliphatic carbocycles. The predicted octanol–water partition coefficient (Wildman–Crippen LogP) is 5.77. The number of halogens is 1. The van der Waals surface area contributed by atoms with Crippen LogP contribution in [0.2, 0.25) is 5.02 Å². The van der Waals surface area contributed by atoms with Gasteiger partial charge in [0, 0.05) is 30.3 Å². The highest BCUT2D eigenvalue weighted by molar-refractivity contribution is 6.30. The second-order valence-electron chi connectivity index (χ2n) is 8.59. The van der Waals surface area contributed by atoms with Crippen molar-refractivity contribution in [2.75, 3.05) is 24.5 Å². The number of rotatable bonds is 5. The summed E-state index contributed by atoms with van der Waals surface area (Å²) in [4.78, 5) is 16.9. The van der Waals surface area contributed by atoms with Crippen molar-refractivity contribution in [1.82, 2.24) is 4.90 Å². The number of likely N-dealkylation sites (N-methyl/N-ethyl adjacent to an activating group) is 1. The largest absolute Gasteiger partial charge is 0.444 e. The highest BCUT2D eigenvalue weighted by Crippen LogP contribution is 2.31. The number of anilines is 1. The van der Waals surface area contributed by atoms with E-state index >= 15 is 0 Å². The van der Waals surface area contributed by atoms with Crippen molar-refractivity contribution in [2.45, 2.75) is 52.2 Å². The maximum atomic E-state index is 12.6. The smallest absolute Gasteiger partial charge is 0.410 e. The van der Waals surface area contributed by atoms with E-state index in [2.05, 4.69) is 41.3 Å². The summed E-state index contributed by atoms with van der Waals surface area (Å²) in [6.07, 6.45) is 1.54. The molecule has 0 N–H and O–H groups in total. The molecule has 0 saturated carbocycles. The number of hydrogen-bond donors (Lipinski definition) is 0. The summed E-state index contributed by atoms with van der Waals surface area (Å²) in [5.41, 5.74) is 3.18. The Balaban J connectivity index is 1.76. The summed E-state index contributed by atoms with van der Waals surface area (Å²) in [5.74, 6) is 0. The summed E-state index contributed by atoms with van der Waals surface area (Å²) < 4.78 is 5.61. The second-order valence-corrected chi connectivity index (χ2v) is 9.03. The first-order valence-electron chi connectivity index (χ1n) is 10.3. The molecular formula is C24H31ClN2O2. The molecule has 1 saturated heterocycles. The molecule has 4 nitrogen and oxygen atoms in total. The average molecular weight is 415 g/mol. The van der Waals surface area contributed by atoms with E-state index in [1.807, 2.05) is 44.7 Å². The Morgan fingerprint density at radius 2 is 1.93 bits per heavy atom. The van der Waals surface area contributed by atoms with Crippen LogP contribution in [0.1, 0.15) is 45.2 Å². The third-order valence-electron chi connectivity index (χ3n) is 5.19. The molecule has 0 bridgehead atoms. The first-order chi connectivity index (χ1) is 13.8. The summed E-state index contributed by atoms with van der Waals surface area (Å²) in [7, 11) is 0. The number of ether oxygens (including phenoxy) is 1. The van der Waals surface area contributed by atoms with E-state index in [-0.39, 0.29) is 12.1 Å². The average Bonchev–Trinajstić information content (AvgIpc) is 3.11. The molecule has 3 rings (SSSR count). The van der Waals surface area contributed by atoms with Gasteiger partial charge in [-0.05, 0) is 69.9 Å². The number of nitrogens with zero attached hydrogens (tertiary/aromatic N) is 2. The van der Waals surface area contributed by atoms with E-state index < -0.39 is 5.60 Å². The van der Waals surface area contributed by atoms with Gasteiger partial charge in [0.2, 0.25) is 0 Å². The Morgan fingerprint density at radius 1 is 1.21 bits per heavy atom. The molecule has 0 radical (unpaired) electrons. The molecule has 1 amide bonds. The van der Waals surface area contributed by atoms with Crippen LogP contribution >= 0.6 is 11.6 Å². The first-order valence-corrected chi connectivity index (χ1v) is 10.7. The van der Waals surface area contributed by atoms with Gasteiger partial charge in [-0.15, -0.1) is 0 Å². The van der Waals surface area contributed by atoms with E-state index in [4.69, 9.17) is 16.3 Å². The SMILES string of the molecule is CCN(C(=O)OC(C)(C)C)C1CCN(c2ccc(Cl)cc2Cc2ccccc2)C1. The monoisotopic (exact) mass is 414 g/mol. The lowest BCUT2D eigenvalue weighted by Crippen LogP contribution is -2.44. The number of amides is 1. The second kappa shape index (κ2) is 9.08. The fraction of sp³-hybridized carbons (Fsp3) is 0.458. The van der Waals surface area contributed by atoms with Crippen LogP contribution in [0, 0.1) is 0 Å². The molecule has 5 heteroatoms. The van der Waals surface area contributed by atoms with Gasteiger partial charge in [0.05, 0.1) is 6.04 Å². The Hall–Kier alpha value is -2.20. The number of carbonyl (C=O) groups excluding carboxylic acids is 1. The predicted molar refractivity (Wildman–Crippen MR) is 120 cm³/mol. The normalized spacial score (nSPS) is 16.7. The molecule has 1 unspecified atom stereocenters. The fourth-order valence-corrected chi connectivity index (χ4v) is 4.09. The molecule has 0 spiro atoms. The van der Waals surface area contributed by atoms with Gasteiger partial charge in [0.25, 0.3) is 0 Å². The van der Waals surface area contributed by atoms with Crippen molar-refractivity contribution in [3.63, 3.8) is 0 Å². The molecule has 1 heterocycles. The van der Waals surface area contributed by atoms with Crippen LogP contribution in [0.5, 0.6) is 0 Å². The van der Waals surface area contributed by atoms with Gasteiger partial charge in [-0.2, -0.15) is 0 Å². The molecular weight excluding hydrogens is 384 g/mol. The Labute approximate surface area is 179 Å². The molecule has 156 valence electrons. The van der Waals surface area contributed by atoms with E-state index in [1.165, 1.54) is 16.8 Å². The Morgan fingerprint density at radius 3 is 2.59 bits per heavy atom. The van der Waals surface area contributed by atoms with Crippen LogP contribution in [-0.4, -0.2) is 42.3 Å². The van der Waals surface area contributed by atoms with Crippen LogP contribution in [-0.2, 0) is 11.2 Å². The Kier molecular flexibility index (Phi) is 6.74. The van der Waals surface area contributed by atoms with Crippen LogP contribution in [0.15, 0.2) is 48.5 Å². The zero-order chi connectivity index (χ0) is 21.0. The van der Waals surface area contributed by atoms with Crippen molar-refractivity contribution in [3.8, 4) is 0 Å². The maximum Gasteiger partial charge on any atom is 0.410 e. The lowest BCUT2D eigenvalue weighted by Gasteiger charge is -2.31. The van der Waals surface area contributed by atoms with Crippen molar-refractivity contribution >= 4 is 23.4 Å². The number of hydrogen-bond acceptors (Lipinski definition) is 3. The third kappa shape index (κ3) is 5.66. The van der Waals surface area contributed by atoms with Gasteiger partial charge in [-0.1, -0.05) is 41.9 Å². The van der Waals surface area contributed by atoms with E-state index in [1.54, 1.807) is 0 Å². The number of benzene rings is 2. The fourth-order valence-electron chi connectivity index (χ4n) is 3.89. The van der Waals surface area contributed by atoms with E-state index in [9.17, 15) is 4.79 Å². The molecule has 1 aliphatic heterocycles. The van der Waals surface area contributed by atoms with Crippen molar-refractivity contribution in [2.24, 2.45) is 0 Å². The summed E-state index contributed by atoms with van der Waals surface area (Å²) in [5, 5.41) is 0.749. The molecule has 1 atom stereocenters. The van der Waals surface area contributed by atoms with Gasteiger partial charge < -0.3 is 14.5 Å². The minimum absolute atomic E-state index is 0.148. The van der Waals surface area contributed by atoms with Gasteiger partial charge in [-0.25, -0.2) is 4.79 Å². The molecule has 2 aromatic carbocycles. The van der Waals surface area contributed by atoms with Crippen molar-refractivity contribution < 1.29 is 9.53 Å². The third-order valence-corrected chi connectivity index (χ3v) is 5.43.